The SMILES string of the molecule is O=C(NCCn1ncc2c(NCc3ccc(F)cc3)ncnc21)c1cc([N+](=O)[O-])ccc1Cl. The minimum Gasteiger partial charge on any atom is -0.365 e. The lowest BCUT2D eigenvalue weighted by Crippen LogP contribution is -2.27. The van der Waals surface area contributed by atoms with Crippen molar-refractivity contribution in [2.24, 2.45) is 0 Å². The molecule has 0 atom stereocenters. The zero-order valence-corrected chi connectivity index (χ0v) is 17.8. The van der Waals surface area contributed by atoms with Crippen LogP contribution in [0, 0.1) is 15.9 Å². The summed E-state index contributed by atoms with van der Waals surface area (Å²) in [6, 6.07) is 9.82. The Labute approximate surface area is 191 Å². The van der Waals surface area contributed by atoms with Gasteiger partial charge in [-0.25, -0.2) is 19.0 Å². The number of carbonyl (C=O) groups excluding carboxylic acids is 1. The molecule has 168 valence electrons. The number of carbonyl (C=O) groups is 1. The molecule has 0 unspecified atom stereocenters. The second kappa shape index (κ2) is 9.57. The van der Waals surface area contributed by atoms with E-state index in [1.165, 1.54) is 30.6 Å². The summed E-state index contributed by atoms with van der Waals surface area (Å²) >= 11 is 6.01. The molecular weight excluding hydrogens is 453 g/mol. The average molecular weight is 470 g/mol. The molecule has 0 aliphatic carbocycles. The zero-order chi connectivity index (χ0) is 23.4. The number of amides is 1. The van der Waals surface area contributed by atoms with Gasteiger partial charge in [-0.3, -0.25) is 14.9 Å². The van der Waals surface area contributed by atoms with Gasteiger partial charge in [0.25, 0.3) is 11.6 Å². The number of rotatable bonds is 8. The van der Waals surface area contributed by atoms with Crippen LogP contribution in [0.5, 0.6) is 0 Å². The molecule has 4 aromatic rings. The fraction of sp³-hybridized carbons (Fsp3) is 0.143. The molecule has 0 saturated carbocycles. The Hall–Kier alpha value is -4.12. The minimum atomic E-state index is -0.593. The lowest BCUT2D eigenvalue weighted by Gasteiger charge is -2.08. The van der Waals surface area contributed by atoms with Crippen LogP contribution in [0.1, 0.15) is 15.9 Å². The van der Waals surface area contributed by atoms with Crippen LogP contribution < -0.4 is 10.6 Å². The summed E-state index contributed by atoms with van der Waals surface area (Å²) in [6.45, 7) is 0.935. The number of benzene rings is 2. The van der Waals surface area contributed by atoms with E-state index in [0.717, 1.165) is 11.6 Å². The summed E-state index contributed by atoms with van der Waals surface area (Å²) in [5.74, 6) is -0.260. The molecule has 10 nitrogen and oxygen atoms in total. The molecule has 4 rings (SSSR count). The Morgan fingerprint density at radius 2 is 1.97 bits per heavy atom. The van der Waals surface area contributed by atoms with Crippen LogP contribution in [0.3, 0.4) is 0 Å². The molecule has 0 spiro atoms. The molecule has 12 heteroatoms. The van der Waals surface area contributed by atoms with E-state index in [1.807, 2.05) is 0 Å². The monoisotopic (exact) mass is 469 g/mol. The summed E-state index contributed by atoms with van der Waals surface area (Å²) in [4.78, 5) is 31.3. The molecule has 1 amide bonds. The Morgan fingerprint density at radius 1 is 1.18 bits per heavy atom. The summed E-state index contributed by atoms with van der Waals surface area (Å²) in [6.07, 6.45) is 3.01. The Balaban J connectivity index is 1.41. The van der Waals surface area contributed by atoms with Crippen LogP contribution in [0.15, 0.2) is 55.0 Å². The number of aromatic nitrogens is 4. The van der Waals surface area contributed by atoms with Crippen LogP contribution in [-0.2, 0) is 13.1 Å². The third-order valence-electron chi connectivity index (χ3n) is 4.82. The standard InChI is InChI=1S/C21H17ClFN7O3/c22-18-6-5-15(30(32)33)9-16(18)21(31)24-7-8-29-20-17(11-28-29)19(26-12-27-20)25-10-13-1-3-14(23)4-2-13/h1-6,9,11-12H,7-8,10H2,(H,24,31)(H,25,26,27). The summed E-state index contributed by atoms with van der Waals surface area (Å²) in [5.41, 5.74) is 1.25. The molecule has 2 heterocycles. The molecular formula is C21H17ClFN7O3. The van der Waals surface area contributed by atoms with Crippen molar-refractivity contribution in [2.45, 2.75) is 13.1 Å². The van der Waals surface area contributed by atoms with Crippen molar-refractivity contribution in [3.05, 3.63) is 87.1 Å². The van der Waals surface area contributed by atoms with Crippen molar-refractivity contribution >= 4 is 40.0 Å². The van der Waals surface area contributed by atoms with Crippen LogP contribution in [0.2, 0.25) is 5.02 Å². The predicted molar refractivity (Wildman–Crippen MR) is 119 cm³/mol. The fourth-order valence-electron chi connectivity index (χ4n) is 3.16. The molecule has 0 aliphatic heterocycles. The van der Waals surface area contributed by atoms with Crippen LogP contribution in [0.25, 0.3) is 11.0 Å². The van der Waals surface area contributed by atoms with Crippen molar-refractivity contribution in [3.63, 3.8) is 0 Å². The second-order valence-electron chi connectivity index (χ2n) is 6.98. The highest BCUT2D eigenvalue weighted by molar-refractivity contribution is 6.33. The first kappa shape index (κ1) is 22.1. The third kappa shape index (κ3) is 5.04. The van der Waals surface area contributed by atoms with Crippen LogP contribution in [-0.4, -0.2) is 37.1 Å². The maximum atomic E-state index is 13.1. The highest BCUT2D eigenvalue weighted by atomic mass is 35.5. The molecule has 0 fully saturated rings. The van der Waals surface area contributed by atoms with Crippen molar-refractivity contribution in [1.29, 1.82) is 0 Å². The maximum absolute atomic E-state index is 13.1. The number of nitrogens with zero attached hydrogens (tertiary/aromatic N) is 5. The van der Waals surface area contributed by atoms with E-state index in [0.29, 0.717) is 29.9 Å². The minimum absolute atomic E-state index is 0.0193. The lowest BCUT2D eigenvalue weighted by molar-refractivity contribution is -0.384. The third-order valence-corrected chi connectivity index (χ3v) is 5.15. The quantitative estimate of drug-likeness (QED) is 0.298. The van der Waals surface area contributed by atoms with Gasteiger partial charge < -0.3 is 10.6 Å². The second-order valence-corrected chi connectivity index (χ2v) is 7.39. The topological polar surface area (TPSA) is 128 Å². The summed E-state index contributed by atoms with van der Waals surface area (Å²) in [7, 11) is 0. The Bertz CT molecular complexity index is 1330. The van der Waals surface area contributed by atoms with E-state index in [9.17, 15) is 19.3 Å². The summed E-state index contributed by atoms with van der Waals surface area (Å²) in [5, 5.41) is 21.9. The number of nitro groups is 1. The predicted octanol–water partition coefficient (Wildman–Crippen LogP) is 3.57. The van der Waals surface area contributed by atoms with E-state index in [2.05, 4.69) is 25.7 Å². The van der Waals surface area contributed by atoms with Crippen LogP contribution in [0.4, 0.5) is 15.9 Å². The van der Waals surface area contributed by atoms with Gasteiger partial charge in [-0.15, -0.1) is 0 Å². The van der Waals surface area contributed by atoms with Crippen molar-refractivity contribution in [3.8, 4) is 0 Å². The number of hydrogen-bond acceptors (Lipinski definition) is 7. The Morgan fingerprint density at radius 3 is 2.73 bits per heavy atom. The van der Waals surface area contributed by atoms with Gasteiger partial charge in [0.2, 0.25) is 0 Å². The number of fused-ring (bicyclic) bond motifs is 1. The molecule has 0 radical (unpaired) electrons. The largest absolute Gasteiger partial charge is 0.365 e. The first-order valence-corrected chi connectivity index (χ1v) is 10.2. The normalized spacial score (nSPS) is 10.8. The zero-order valence-electron chi connectivity index (χ0n) is 17.0. The van der Waals surface area contributed by atoms with Gasteiger partial charge >= 0.3 is 0 Å². The van der Waals surface area contributed by atoms with Crippen LogP contribution >= 0.6 is 11.6 Å². The summed E-state index contributed by atoms with van der Waals surface area (Å²) < 4.78 is 14.7. The molecule has 0 saturated heterocycles. The van der Waals surface area contributed by atoms with Crippen molar-refractivity contribution < 1.29 is 14.1 Å². The van der Waals surface area contributed by atoms with E-state index in [1.54, 1.807) is 23.0 Å². The maximum Gasteiger partial charge on any atom is 0.270 e. The van der Waals surface area contributed by atoms with Crippen molar-refractivity contribution in [2.75, 3.05) is 11.9 Å². The molecule has 2 aromatic carbocycles. The number of nitro benzene ring substituents is 1. The molecule has 0 bridgehead atoms. The smallest absolute Gasteiger partial charge is 0.270 e. The van der Waals surface area contributed by atoms with E-state index >= 15 is 0 Å². The fourth-order valence-corrected chi connectivity index (χ4v) is 3.36. The number of nitrogens with one attached hydrogen (secondary N) is 2. The number of non-ortho nitro benzene ring substituents is 1. The van der Waals surface area contributed by atoms with Gasteiger partial charge in [-0.05, 0) is 23.8 Å². The van der Waals surface area contributed by atoms with E-state index in [4.69, 9.17) is 11.6 Å². The number of halogens is 2. The van der Waals surface area contributed by atoms with Gasteiger partial charge in [0.15, 0.2) is 5.65 Å². The van der Waals surface area contributed by atoms with Gasteiger partial charge in [0, 0.05) is 25.2 Å². The molecule has 33 heavy (non-hydrogen) atoms. The number of hydrogen-bond donors (Lipinski definition) is 2. The molecule has 2 aromatic heterocycles. The molecule has 2 N–H and O–H groups in total. The Kier molecular flexibility index (Phi) is 6.41. The first-order chi connectivity index (χ1) is 15.9. The van der Waals surface area contributed by atoms with E-state index < -0.39 is 10.8 Å². The first-order valence-electron chi connectivity index (χ1n) is 9.79. The van der Waals surface area contributed by atoms with Gasteiger partial charge in [0.05, 0.1) is 33.6 Å². The highest BCUT2D eigenvalue weighted by Gasteiger charge is 2.16. The van der Waals surface area contributed by atoms with Crippen molar-refractivity contribution in [1.82, 2.24) is 25.1 Å². The molecule has 0 aliphatic rings. The van der Waals surface area contributed by atoms with Gasteiger partial charge in [-0.1, -0.05) is 23.7 Å². The van der Waals surface area contributed by atoms with E-state index in [-0.39, 0.29) is 28.6 Å². The average Bonchev–Trinajstić information content (AvgIpc) is 3.22. The van der Waals surface area contributed by atoms with Gasteiger partial charge in [-0.2, -0.15) is 5.10 Å². The lowest BCUT2D eigenvalue weighted by atomic mass is 10.2. The highest BCUT2D eigenvalue weighted by Crippen LogP contribution is 2.22. The number of anilines is 1. The van der Waals surface area contributed by atoms with Gasteiger partial charge in [0.1, 0.15) is 18.0 Å².